The molecule has 0 bridgehead atoms. The third kappa shape index (κ3) is 2.81. The number of nitrogens with two attached hydrogens (primary N) is 1. The summed E-state index contributed by atoms with van der Waals surface area (Å²) >= 11 is 3.45. The van der Waals surface area contributed by atoms with E-state index < -0.39 is 4.08 Å². The molecule has 94 valence electrons. The zero-order valence-electron chi connectivity index (χ0n) is 9.40. The van der Waals surface area contributed by atoms with E-state index in [4.69, 9.17) is 5.73 Å². The number of amides is 1. The standard InChI is InChI=1S/C10H18N2OS2.ClH/c1-12-9(13)10(14-4-5-15-10)8(11)6-7-2-3-7;/h7-8H,2-6,11H2,1H3,(H,12,13);1H. The molecule has 1 amide bonds. The fourth-order valence-electron chi connectivity index (χ4n) is 1.98. The molecule has 6 heteroatoms. The van der Waals surface area contributed by atoms with Crippen LogP contribution >= 0.6 is 35.9 Å². The lowest BCUT2D eigenvalue weighted by Gasteiger charge is -2.31. The minimum atomic E-state index is -0.405. The van der Waals surface area contributed by atoms with E-state index >= 15 is 0 Å². The van der Waals surface area contributed by atoms with Gasteiger partial charge in [0.25, 0.3) is 0 Å². The summed E-state index contributed by atoms with van der Waals surface area (Å²) in [5, 5.41) is 2.76. The van der Waals surface area contributed by atoms with Gasteiger partial charge in [0.05, 0.1) is 0 Å². The number of thioether (sulfide) groups is 2. The van der Waals surface area contributed by atoms with Crippen molar-refractivity contribution >= 4 is 41.8 Å². The Kier molecular flexibility index (Phi) is 5.29. The Morgan fingerprint density at radius 1 is 1.50 bits per heavy atom. The van der Waals surface area contributed by atoms with Gasteiger partial charge in [-0.1, -0.05) is 12.8 Å². The average molecular weight is 283 g/mol. The normalized spacial score (nSPS) is 24.6. The highest BCUT2D eigenvalue weighted by molar-refractivity contribution is 8.22. The van der Waals surface area contributed by atoms with Crippen molar-refractivity contribution in [1.82, 2.24) is 5.32 Å². The Morgan fingerprint density at radius 2 is 2.06 bits per heavy atom. The van der Waals surface area contributed by atoms with E-state index in [1.807, 2.05) is 0 Å². The van der Waals surface area contributed by atoms with Gasteiger partial charge in [-0.2, -0.15) is 0 Å². The van der Waals surface area contributed by atoms with Gasteiger partial charge in [-0.3, -0.25) is 4.79 Å². The topological polar surface area (TPSA) is 55.1 Å². The molecule has 2 aliphatic rings. The van der Waals surface area contributed by atoms with Crippen molar-refractivity contribution in [3.63, 3.8) is 0 Å². The van der Waals surface area contributed by atoms with Gasteiger partial charge in [0.2, 0.25) is 5.91 Å². The van der Waals surface area contributed by atoms with Crippen LogP contribution in [0.4, 0.5) is 0 Å². The molecular weight excluding hydrogens is 264 g/mol. The largest absolute Gasteiger partial charge is 0.357 e. The second kappa shape index (κ2) is 5.85. The van der Waals surface area contributed by atoms with Crippen LogP contribution < -0.4 is 11.1 Å². The summed E-state index contributed by atoms with van der Waals surface area (Å²) in [5.41, 5.74) is 6.23. The predicted octanol–water partition coefficient (Wildman–Crippen LogP) is 1.46. The molecule has 1 atom stereocenters. The molecule has 0 spiro atoms. The highest BCUT2D eigenvalue weighted by Crippen LogP contribution is 2.49. The molecule has 1 saturated heterocycles. The quantitative estimate of drug-likeness (QED) is 0.820. The van der Waals surface area contributed by atoms with Crippen molar-refractivity contribution in [2.24, 2.45) is 11.7 Å². The third-order valence-corrected chi connectivity index (χ3v) is 6.65. The van der Waals surface area contributed by atoms with Gasteiger partial charge in [-0.25, -0.2) is 0 Å². The molecule has 3 N–H and O–H groups in total. The molecule has 1 saturated carbocycles. The number of carbonyl (C=O) groups is 1. The van der Waals surface area contributed by atoms with Gasteiger partial charge in [-0.15, -0.1) is 35.9 Å². The highest BCUT2D eigenvalue weighted by Gasteiger charge is 2.48. The van der Waals surface area contributed by atoms with E-state index in [0.717, 1.165) is 23.8 Å². The SMILES string of the molecule is CNC(=O)C1(C(N)CC2CC2)SCCS1.Cl. The van der Waals surface area contributed by atoms with Crippen molar-refractivity contribution < 1.29 is 4.79 Å². The zero-order valence-corrected chi connectivity index (χ0v) is 11.9. The zero-order chi connectivity index (χ0) is 10.9. The minimum absolute atomic E-state index is 0. The van der Waals surface area contributed by atoms with Crippen LogP contribution in [0.25, 0.3) is 0 Å². The number of carbonyl (C=O) groups excluding carboxylic acids is 1. The van der Waals surface area contributed by atoms with Crippen molar-refractivity contribution in [3.8, 4) is 0 Å². The molecule has 16 heavy (non-hydrogen) atoms. The van der Waals surface area contributed by atoms with Crippen LogP contribution in [0.2, 0.25) is 0 Å². The third-order valence-electron chi connectivity index (χ3n) is 3.03. The van der Waals surface area contributed by atoms with Crippen molar-refractivity contribution in [2.45, 2.75) is 29.4 Å². The summed E-state index contributed by atoms with van der Waals surface area (Å²) in [5.74, 6) is 2.96. The van der Waals surface area contributed by atoms with E-state index in [0.29, 0.717) is 0 Å². The first-order valence-electron chi connectivity index (χ1n) is 5.44. The Labute approximate surface area is 111 Å². The monoisotopic (exact) mass is 282 g/mol. The van der Waals surface area contributed by atoms with Crippen molar-refractivity contribution in [2.75, 3.05) is 18.6 Å². The molecule has 1 heterocycles. The van der Waals surface area contributed by atoms with Gasteiger partial charge in [0.1, 0.15) is 0 Å². The second-order valence-corrected chi connectivity index (χ2v) is 7.17. The van der Waals surface area contributed by atoms with E-state index in [1.54, 1.807) is 30.6 Å². The van der Waals surface area contributed by atoms with Gasteiger partial charge in [-0.05, 0) is 12.3 Å². The second-order valence-electron chi connectivity index (χ2n) is 4.23. The summed E-state index contributed by atoms with van der Waals surface area (Å²) in [4.78, 5) is 11.9. The summed E-state index contributed by atoms with van der Waals surface area (Å²) in [7, 11) is 1.70. The maximum absolute atomic E-state index is 11.9. The summed E-state index contributed by atoms with van der Waals surface area (Å²) in [6.07, 6.45) is 3.60. The lowest BCUT2D eigenvalue weighted by molar-refractivity contribution is -0.121. The Morgan fingerprint density at radius 3 is 2.50 bits per heavy atom. The smallest absolute Gasteiger partial charge is 0.247 e. The number of hydrogen-bond donors (Lipinski definition) is 2. The molecule has 2 fully saturated rings. The predicted molar refractivity (Wildman–Crippen MR) is 74.3 cm³/mol. The molecule has 3 nitrogen and oxygen atoms in total. The first kappa shape index (κ1) is 14.5. The van der Waals surface area contributed by atoms with E-state index in [9.17, 15) is 4.79 Å². The van der Waals surface area contributed by atoms with Gasteiger partial charge < -0.3 is 11.1 Å². The number of hydrogen-bond acceptors (Lipinski definition) is 4. The molecule has 2 rings (SSSR count). The van der Waals surface area contributed by atoms with Crippen LogP contribution in [0, 0.1) is 5.92 Å². The fraction of sp³-hybridized carbons (Fsp3) is 0.900. The van der Waals surface area contributed by atoms with Gasteiger partial charge in [0, 0.05) is 24.6 Å². The lowest BCUT2D eigenvalue weighted by Crippen LogP contribution is -2.52. The molecule has 0 aromatic carbocycles. The van der Waals surface area contributed by atoms with Crippen LogP contribution in [-0.4, -0.2) is 34.6 Å². The Hall–Kier alpha value is 0.420. The maximum atomic E-state index is 11.9. The van der Waals surface area contributed by atoms with Gasteiger partial charge >= 0.3 is 0 Å². The maximum Gasteiger partial charge on any atom is 0.247 e. The van der Waals surface area contributed by atoms with Crippen LogP contribution in [-0.2, 0) is 4.79 Å². The first-order valence-corrected chi connectivity index (χ1v) is 7.42. The molecular formula is C10H19ClN2OS2. The summed E-state index contributed by atoms with van der Waals surface area (Å²) in [6, 6.07) is 0.00227. The molecule has 1 aliphatic carbocycles. The van der Waals surface area contributed by atoms with Crippen molar-refractivity contribution in [3.05, 3.63) is 0 Å². The number of nitrogens with one attached hydrogen (secondary N) is 1. The summed E-state index contributed by atoms with van der Waals surface area (Å²) in [6.45, 7) is 0. The first-order chi connectivity index (χ1) is 7.19. The van der Waals surface area contributed by atoms with Crippen LogP contribution in [0.3, 0.4) is 0 Å². The van der Waals surface area contributed by atoms with Crippen LogP contribution in [0.5, 0.6) is 0 Å². The van der Waals surface area contributed by atoms with Crippen LogP contribution in [0.15, 0.2) is 0 Å². The Bertz CT molecular complexity index is 255. The van der Waals surface area contributed by atoms with Crippen molar-refractivity contribution in [1.29, 1.82) is 0 Å². The molecule has 1 aliphatic heterocycles. The average Bonchev–Trinajstić information content (AvgIpc) is 2.91. The summed E-state index contributed by atoms with van der Waals surface area (Å²) < 4.78 is -0.405. The van der Waals surface area contributed by atoms with E-state index in [-0.39, 0.29) is 24.4 Å². The highest BCUT2D eigenvalue weighted by atomic mass is 35.5. The lowest BCUT2D eigenvalue weighted by atomic mass is 10.1. The fourth-order valence-corrected chi connectivity index (χ4v) is 5.18. The minimum Gasteiger partial charge on any atom is -0.357 e. The molecule has 0 aromatic heterocycles. The van der Waals surface area contributed by atoms with Gasteiger partial charge in [0.15, 0.2) is 4.08 Å². The van der Waals surface area contributed by atoms with E-state index in [1.165, 1.54) is 12.8 Å². The Balaban J connectivity index is 0.00000128. The van der Waals surface area contributed by atoms with E-state index in [2.05, 4.69) is 5.32 Å². The van der Waals surface area contributed by atoms with Crippen LogP contribution in [0.1, 0.15) is 19.3 Å². The number of rotatable bonds is 4. The molecule has 1 unspecified atom stereocenters. The number of halogens is 1. The molecule has 0 aromatic rings. The molecule has 0 radical (unpaired) electrons.